The minimum absolute atomic E-state index is 0.187. The van der Waals surface area contributed by atoms with Gasteiger partial charge in [0.2, 0.25) is 0 Å². The fourth-order valence-electron chi connectivity index (χ4n) is 3.25. The van der Waals surface area contributed by atoms with Crippen LogP contribution in [-0.4, -0.2) is 56.1 Å². The molecule has 0 unspecified atom stereocenters. The molecule has 0 saturated carbocycles. The van der Waals surface area contributed by atoms with Gasteiger partial charge >= 0.3 is 0 Å². The van der Waals surface area contributed by atoms with E-state index in [0.717, 1.165) is 0 Å². The Morgan fingerprint density at radius 2 is 1.58 bits per heavy atom. The highest BCUT2D eigenvalue weighted by Gasteiger charge is 2.33. The number of rotatable bonds is 6. The molecule has 0 aromatic heterocycles. The van der Waals surface area contributed by atoms with E-state index >= 15 is 0 Å². The van der Waals surface area contributed by atoms with Gasteiger partial charge in [0.25, 0.3) is 11.8 Å². The second-order valence-electron chi connectivity index (χ2n) is 7.58. The first kappa shape index (κ1) is 23.2. The van der Waals surface area contributed by atoms with E-state index in [-0.39, 0.29) is 24.9 Å². The SMILES string of the molecule is CC1(C)OCCO[C@H](CNC(=O)c2ccccc2Cl)[C@H](CNC(=O)c2ccccc2)O1. The Kier molecular flexibility index (Phi) is 8.03. The fourth-order valence-corrected chi connectivity index (χ4v) is 3.47. The predicted octanol–water partition coefficient (Wildman–Crippen LogP) is 3.04. The van der Waals surface area contributed by atoms with E-state index < -0.39 is 18.0 Å². The summed E-state index contributed by atoms with van der Waals surface area (Å²) in [6.45, 7) is 4.68. The normalized spacial score (nSPS) is 20.9. The molecule has 1 heterocycles. The second kappa shape index (κ2) is 10.7. The van der Waals surface area contributed by atoms with Crippen molar-refractivity contribution in [2.45, 2.75) is 31.8 Å². The van der Waals surface area contributed by atoms with Crippen molar-refractivity contribution >= 4 is 23.4 Å². The summed E-state index contributed by atoms with van der Waals surface area (Å²) in [5, 5.41) is 6.10. The number of halogens is 1. The molecule has 1 aliphatic heterocycles. The molecular formula is C23H27ClN2O5. The zero-order chi connectivity index (χ0) is 22.3. The summed E-state index contributed by atoms with van der Waals surface area (Å²) in [5.41, 5.74) is 0.932. The average Bonchev–Trinajstić information content (AvgIpc) is 2.75. The predicted molar refractivity (Wildman–Crippen MR) is 117 cm³/mol. The van der Waals surface area contributed by atoms with Crippen LogP contribution in [-0.2, 0) is 14.2 Å². The van der Waals surface area contributed by atoms with E-state index in [0.29, 0.717) is 29.4 Å². The number of hydrogen-bond acceptors (Lipinski definition) is 5. The summed E-state index contributed by atoms with van der Waals surface area (Å²) in [5.74, 6) is -1.39. The number of carbonyl (C=O) groups excluding carboxylic acids is 2. The Balaban J connectivity index is 1.67. The molecule has 2 amide bonds. The number of amides is 2. The van der Waals surface area contributed by atoms with Gasteiger partial charge in [-0.15, -0.1) is 0 Å². The van der Waals surface area contributed by atoms with Gasteiger partial charge in [0.15, 0.2) is 5.79 Å². The highest BCUT2D eigenvalue weighted by Crippen LogP contribution is 2.20. The van der Waals surface area contributed by atoms with Crippen LogP contribution in [0.25, 0.3) is 0 Å². The summed E-state index contributed by atoms with van der Waals surface area (Å²) in [6, 6.07) is 15.7. The van der Waals surface area contributed by atoms with Crippen molar-refractivity contribution in [3.8, 4) is 0 Å². The van der Waals surface area contributed by atoms with Gasteiger partial charge in [0.05, 0.1) is 23.8 Å². The number of ether oxygens (including phenoxy) is 3. The molecule has 31 heavy (non-hydrogen) atoms. The van der Waals surface area contributed by atoms with Crippen LogP contribution in [0.5, 0.6) is 0 Å². The molecule has 1 aliphatic rings. The minimum atomic E-state index is -0.864. The molecule has 0 spiro atoms. The van der Waals surface area contributed by atoms with Crippen molar-refractivity contribution in [1.29, 1.82) is 0 Å². The van der Waals surface area contributed by atoms with Crippen LogP contribution in [0.3, 0.4) is 0 Å². The number of nitrogens with one attached hydrogen (secondary N) is 2. The van der Waals surface area contributed by atoms with E-state index in [4.69, 9.17) is 25.8 Å². The molecule has 3 rings (SSSR count). The summed E-state index contributed by atoms with van der Waals surface area (Å²) in [7, 11) is 0. The van der Waals surface area contributed by atoms with Gasteiger partial charge in [-0.3, -0.25) is 9.59 Å². The van der Waals surface area contributed by atoms with Crippen molar-refractivity contribution in [1.82, 2.24) is 10.6 Å². The Bertz CT molecular complexity index is 891. The Morgan fingerprint density at radius 1 is 0.935 bits per heavy atom. The Hall–Kier alpha value is -2.45. The molecule has 1 saturated heterocycles. The van der Waals surface area contributed by atoms with Crippen molar-refractivity contribution in [2.75, 3.05) is 26.3 Å². The summed E-state index contributed by atoms with van der Waals surface area (Å²) >= 11 is 6.12. The average molecular weight is 447 g/mol. The number of carbonyl (C=O) groups is 2. The van der Waals surface area contributed by atoms with Gasteiger partial charge in [-0.25, -0.2) is 0 Å². The molecule has 2 atom stereocenters. The minimum Gasteiger partial charge on any atom is -0.371 e. The third-order valence-corrected chi connectivity index (χ3v) is 5.13. The van der Waals surface area contributed by atoms with Crippen LogP contribution in [0.4, 0.5) is 0 Å². The quantitative estimate of drug-likeness (QED) is 0.712. The fraction of sp³-hybridized carbons (Fsp3) is 0.391. The van der Waals surface area contributed by atoms with E-state index in [1.807, 2.05) is 19.9 Å². The number of benzene rings is 2. The summed E-state index contributed by atoms with van der Waals surface area (Å²) < 4.78 is 17.7. The third-order valence-electron chi connectivity index (χ3n) is 4.80. The molecule has 1 fully saturated rings. The van der Waals surface area contributed by atoms with Crippen molar-refractivity contribution < 1.29 is 23.8 Å². The van der Waals surface area contributed by atoms with Crippen LogP contribution >= 0.6 is 11.6 Å². The van der Waals surface area contributed by atoms with Crippen LogP contribution < -0.4 is 10.6 Å². The van der Waals surface area contributed by atoms with Crippen LogP contribution in [0, 0.1) is 0 Å². The molecule has 0 aliphatic carbocycles. The highest BCUT2D eigenvalue weighted by atomic mass is 35.5. The highest BCUT2D eigenvalue weighted by molar-refractivity contribution is 6.33. The lowest BCUT2D eigenvalue weighted by Crippen LogP contribution is -2.52. The third kappa shape index (κ3) is 6.77. The van der Waals surface area contributed by atoms with Crippen LogP contribution in [0.1, 0.15) is 34.6 Å². The molecular weight excluding hydrogens is 420 g/mol. The molecule has 0 radical (unpaired) electrons. The van der Waals surface area contributed by atoms with Gasteiger partial charge < -0.3 is 24.8 Å². The largest absolute Gasteiger partial charge is 0.371 e. The first-order valence-electron chi connectivity index (χ1n) is 10.1. The molecule has 8 heteroatoms. The Morgan fingerprint density at radius 3 is 2.32 bits per heavy atom. The van der Waals surface area contributed by atoms with Gasteiger partial charge in [0, 0.05) is 18.7 Å². The molecule has 2 aromatic rings. The lowest BCUT2D eigenvalue weighted by molar-refractivity contribution is -0.277. The maximum atomic E-state index is 12.6. The number of hydrogen-bond donors (Lipinski definition) is 2. The van der Waals surface area contributed by atoms with Crippen molar-refractivity contribution in [2.24, 2.45) is 0 Å². The lowest BCUT2D eigenvalue weighted by Gasteiger charge is -2.37. The first-order valence-corrected chi connectivity index (χ1v) is 10.5. The molecule has 2 aromatic carbocycles. The first-order chi connectivity index (χ1) is 14.9. The van der Waals surface area contributed by atoms with E-state index in [9.17, 15) is 9.59 Å². The van der Waals surface area contributed by atoms with Crippen LogP contribution in [0.15, 0.2) is 54.6 Å². The monoisotopic (exact) mass is 446 g/mol. The summed E-state index contributed by atoms with van der Waals surface area (Å²) in [4.78, 5) is 25.0. The van der Waals surface area contributed by atoms with E-state index in [1.54, 1.807) is 48.5 Å². The molecule has 0 bridgehead atoms. The van der Waals surface area contributed by atoms with Crippen LogP contribution in [0.2, 0.25) is 5.02 Å². The summed E-state index contributed by atoms with van der Waals surface area (Å²) in [6.07, 6.45) is -1.04. The second-order valence-corrected chi connectivity index (χ2v) is 7.99. The van der Waals surface area contributed by atoms with Gasteiger partial charge in [-0.2, -0.15) is 0 Å². The lowest BCUT2D eigenvalue weighted by atomic mass is 10.1. The van der Waals surface area contributed by atoms with E-state index in [2.05, 4.69) is 10.6 Å². The van der Waals surface area contributed by atoms with Crippen molar-refractivity contribution in [3.63, 3.8) is 0 Å². The zero-order valence-electron chi connectivity index (χ0n) is 17.6. The maximum Gasteiger partial charge on any atom is 0.252 e. The van der Waals surface area contributed by atoms with Gasteiger partial charge in [-0.05, 0) is 38.1 Å². The molecule has 166 valence electrons. The smallest absolute Gasteiger partial charge is 0.252 e. The molecule has 2 N–H and O–H groups in total. The molecule has 7 nitrogen and oxygen atoms in total. The Labute approximate surface area is 187 Å². The zero-order valence-corrected chi connectivity index (χ0v) is 18.4. The van der Waals surface area contributed by atoms with E-state index in [1.165, 1.54) is 0 Å². The van der Waals surface area contributed by atoms with Gasteiger partial charge in [-0.1, -0.05) is 41.9 Å². The maximum absolute atomic E-state index is 12.6. The van der Waals surface area contributed by atoms with Crippen molar-refractivity contribution in [3.05, 3.63) is 70.7 Å². The standard InChI is InChI=1S/C23H27ClN2O5/c1-23(2)30-13-12-29-19(14-26-22(28)17-10-6-7-11-18(17)24)20(31-23)15-25-21(27)16-8-4-3-5-9-16/h3-11,19-20H,12-15H2,1-2H3,(H,25,27)(H,26,28)/t19-,20+/m1/s1. The topological polar surface area (TPSA) is 85.9 Å². The van der Waals surface area contributed by atoms with Gasteiger partial charge in [0.1, 0.15) is 12.2 Å².